The Balaban J connectivity index is 3.81. The molecule has 0 aromatic rings. The monoisotopic (exact) mass is 595 g/mol. The van der Waals surface area contributed by atoms with Crippen LogP contribution in [-0.2, 0) is 4.74 Å². The first-order chi connectivity index (χ1) is 21.2. The molecule has 0 spiro atoms. The molecule has 0 fully saturated rings. The summed E-state index contributed by atoms with van der Waals surface area (Å²) in [4.78, 5) is 0. The summed E-state index contributed by atoms with van der Waals surface area (Å²) in [5.74, 6) is 0. The first-order valence-corrected chi connectivity index (χ1v) is 18.8. The Morgan fingerprint density at radius 1 is 0.488 bits per heavy atom. The molecule has 1 nitrogen and oxygen atoms in total. The SMILES string of the molecule is C=C(C)/C=C/OC(CCCCCCCC/C=C\C/C=C\CCCCC)CCCCCCCC/C=C\C/C=C\CCCCC. The highest BCUT2D eigenvalue weighted by Gasteiger charge is 2.08. The third-order valence-corrected chi connectivity index (χ3v) is 8.08. The number of rotatable bonds is 33. The first kappa shape index (κ1) is 41.2. The minimum Gasteiger partial charge on any atom is -0.498 e. The van der Waals surface area contributed by atoms with Crippen LogP contribution in [0, 0.1) is 0 Å². The van der Waals surface area contributed by atoms with E-state index in [1.807, 2.05) is 19.3 Å². The van der Waals surface area contributed by atoms with Crippen molar-refractivity contribution in [2.45, 2.75) is 194 Å². The van der Waals surface area contributed by atoms with Gasteiger partial charge in [-0.2, -0.15) is 0 Å². The van der Waals surface area contributed by atoms with Crippen molar-refractivity contribution in [2.75, 3.05) is 0 Å². The topological polar surface area (TPSA) is 9.23 Å². The fraction of sp³-hybridized carbons (Fsp3) is 0.714. The molecule has 0 radical (unpaired) electrons. The number of unbranched alkanes of at least 4 members (excludes halogenated alkanes) is 18. The summed E-state index contributed by atoms with van der Waals surface area (Å²) in [6, 6.07) is 0. The second-order valence-corrected chi connectivity index (χ2v) is 12.7. The van der Waals surface area contributed by atoms with Crippen LogP contribution in [-0.4, -0.2) is 6.10 Å². The molecule has 0 aliphatic carbocycles. The van der Waals surface area contributed by atoms with Crippen LogP contribution in [0.3, 0.4) is 0 Å². The zero-order chi connectivity index (χ0) is 31.3. The summed E-state index contributed by atoms with van der Waals surface area (Å²) in [6.07, 6.45) is 56.8. The second-order valence-electron chi connectivity index (χ2n) is 12.7. The summed E-state index contributed by atoms with van der Waals surface area (Å²) in [6.45, 7) is 10.5. The van der Waals surface area contributed by atoms with Crippen molar-refractivity contribution in [1.82, 2.24) is 0 Å². The van der Waals surface area contributed by atoms with Crippen LogP contribution >= 0.6 is 0 Å². The second kappa shape index (κ2) is 36.4. The standard InChI is InChI=1S/C42H74O/c1-5-7-9-11-13-15-17-19-21-23-25-27-29-31-33-35-37-42(43-40-39-41(3)4)38-36-34-32-30-28-26-24-22-20-18-16-14-12-10-8-6-2/h13-16,19-22,39-40,42H,3,5-12,17-18,23-38H2,1-2,4H3/b15-13-,16-14-,21-19-,22-20-,40-39+. The van der Waals surface area contributed by atoms with Gasteiger partial charge < -0.3 is 4.74 Å². The van der Waals surface area contributed by atoms with Crippen LogP contribution in [0.15, 0.2) is 73.1 Å². The molecule has 0 heterocycles. The van der Waals surface area contributed by atoms with Gasteiger partial charge >= 0.3 is 0 Å². The Kier molecular flexibility index (Phi) is 34.9. The van der Waals surface area contributed by atoms with E-state index in [2.05, 4.69) is 69.0 Å². The minimum atomic E-state index is 0.368. The largest absolute Gasteiger partial charge is 0.498 e. The Hall–Kier alpha value is -1.76. The van der Waals surface area contributed by atoms with Crippen LogP contribution in [0.5, 0.6) is 0 Å². The Labute approximate surface area is 271 Å². The molecule has 0 bridgehead atoms. The molecule has 0 saturated heterocycles. The predicted octanol–water partition coefficient (Wildman–Crippen LogP) is 14.9. The van der Waals surface area contributed by atoms with Gasteiger partial charge in [-0.3, -0.25) is 0 Å². The van der Waals surface area contributed by atoms with Crippen LogP contribution in [0.1, 0.15) is 188 Å². The van der Waals surface area contributed by atoms with E-state index in [1.54, 1.807) is 0 Å². The summed E-state index contributed by atoms with van der Waals surface area (Å²) in [5, 5.41) is 0. The van der Waals surface area contributed by atoms with E-state index in [0.29, 0.717) is 6.10 Å². The van der Waals surface area contributed by atoms with Crippen molar-refractivity contribution in [2.24, 2.45) is 0 Å². The average Bonchev–Trinajstić information content (AvgIpc) is 3.00. The number of ether oxygens (including phenoxy) is 1. The maximum absolute atomic E-state index is 6.14. The predicted molar refractivity (Wildman–Crippen MR) is 197 cm³/mol. The molecule has 0 amide bonds. The molecule has 0 unspecified atom stereocenters. The van der Waals surface area contributed by atoms with Gasteiger partial charge in [0.25, 0.3) is 0 Å². The molecule has 43 heavy (non-hydrogen) atoms. The van der Waals surface area contributed by atoms with E-state index in [1.165, 1.54) is 154 Å². The highest BCUT2D eigenvalue weighted by molar-refractivity contribution is 5.08. The molecule has 0 aliphatic rings. The van der Waals surface area contributed by atoms with Crippen molar-refractivity contribution in [3.8, 4) is 0 Å². The molecular weight excluding hydrogens is 520 g/mol. The van der Waals surface area contributed by atoms with Gasteiger partial charge in [0.05, 0.1) is 12.4 Å². The molecule has 0 saturated carbocycles. The zero-order valence-corrected chi connectivity index (χ0v) is 29.4. The normalized spacial score (nSPS) is 12.5. The highest BCUT2D eigenvalue weighted by atomic mass is 16.5. The van der Waals surface area contributed by atoms with E-state index >= 15 is 0 Å². The fourth-order valence-corrected chi connectivity index (χ4v) is 5.27. The zero-order valence-electron chi connectivity index (χ0n) is 29.4. The fourth-order valence-electron chi connectivity index (χ4n) is 5.27. The number of allylic oxidation sites excluding steroid dienone is 10. The van der Waals surface area contributed by atoms with Gasteiger partial charge in [-0.1, -0.05) is 152 Å². The molecular formula is C42H74O. The van der Waals surface area contributed by atoms with Crippen molar-refractivity contribution >= 4 is 0 Å². The van der Waals surface area contributed by atoms with Crippen molar-refractivity contribution < 1.29 is 4.74 Å². The molecule has 0 atom stereocenters. The van der Waals surface area contributed by atoms with Gasteiger partial charge in [0.2, 0.25) is 0 Å². The molecule has 0 aromatic carbocycles. The Morgan fingerprint density at radius 2 is 0.837 bits per heavy atom. The Bertz CT molecular complexity index is 658. The van der Waals surface area contributed by atoms with E-state index < -0.39 is 0 Å². The maximum Gasteiger partial charge on any atom is 0.0978 e. The quantitative estimate of drug-likeness (QED) is 0.0318. The van der Waals surface area contributed by atoms with Crippen LogP contribution in [0.4, 0.5) is 0 Å². The van der Waals surface area contributed by atoms with Gasteiger partial charge in [-0.25, -0.2) is 0 Å². The van der Waals surface area contributed by atoms with Crippen molar-refractivity contribution in [3.05, 3.63) is 73.1 Å². The van der Waals surface area contributed by atoms with Crippen LogP contribution in [0.25, 0.3) is 0 Å². The van der Waals surface area contributed by atoms with Gasteiger partial charge in [0.15, 0.2) is 0 Å². The van der Waals surface area contributed by atoms with E-state index in [4.69, 9.17) is 4.74 Å². The molecule has 248 valence electrons. The van der Waals surface area contributed by atoms with E-state index in [-0.39, 0.29) is 0 Å². The lowest BCUT2D eigenvalue weighted by Gasteiger charge is -2.17. The first-order valence-electron chi connectivity index (χ1n) is 18.8. The smallest absolute Gasteiger partial charge is 0.0978 e. The van der Waals surface area contributed by atoms with E-state index in [0.717, 1.165) is 18.4 Å². The van der Waals surface area contributed by atoms with Crippen molar-refractivity contribution in [3.63, 3.8) is 0 Å². The van der Waals surface area contributed by atoms with Gasteiger partial charge in [-0.05, 0) is 103 Å². The summed E-state index contributed by atoms with van der Waals surface area (Å²) in [5.41, 5.74) is 1.06. The lowest BCUT2D eigenvalue weighted by molar-refractivity contribution is 0.120. The van der Waals surface area contributed by atoms with Crippen LogP contribution in [0.2, 0.25) is 0 Å². The van der Waals surface area contributed by atoms with Gasteiger partial charge in [0.1, 0.15) is 0 Å². The van der Waals surface area contributed by atoms with Crippen LogP contribution < -0.4 is 0 Å². The maximum atomic E-state index is 6.14. The van der Waals surface area contributed by atoms with Gasteiger partial charge in [0, 0.05) is 0 Å². The highest BCUT2D eigenvalue weighted by Crippen LogP contribution is 2.18. The summed E-state index contributed by atoms with van der Waals surface area (Å²) < 4.78 is 6.14. The van der Waals surface area contributed by atoms with Gasteiger partial charge in [-0.15, -0.1) is 0 Å². The lowest BCUT2D eigenvalue weighted by atomic mass is 10.0. The third-order valence-electron chi connectivity index (χ3n) is 8.08. The average molecular weight is 595 g/mol. The molecule has 1 heteroatoms. The summed E-state index contributed by atoms with van der Waals surface area (Å²) in [7, 11) is 0. The Morgan fingerprint density at radius 3 is 1.21 bits per heavy atom. The third kappa shape index (κ3) is 36.3. The lowest BCUT2D eigenvalue weighted by Crippen LogP contribution is -2.10. The minimum absolute atomic E-state index is 0.368. The molecule has 0 N–H and O–H groups in total. The summed E-state index contributed by atoms with van der Waals surface area (Å²) >= 11 is 0. The molecule has 0 rings (SSSR count). The molecule has 0 aromatic heterocycles. The van der Waals surface area contributed by atoms with E-state index in [9.17, 15) is 0 Å². The number of hydrogen-bond acceptors (Lipinski definition) is 1. The number of hydrogen-bond donors (Lipinski definition) is 0. The molecule has 0 aliphatic heterocycles. The van der Waals surface area contributed by atoms with Crippen molar-refractivity contribution in [1.29, 1.82) is 0 Å².